The molecule has 0 aromatic heterocycles. The summed E-state index contributed by atoms with van der Waals surface area (Å²) in [5.41, 5.74) is 1.02. The summed E-state index contributed by atoms with van der Waals surface area (Å²) >= 11 is 0. The number of ketones is 1. The molecule has 0 amide bonds. The zero-order valence-electron chi connectivity index (χ0n) is 22.1. The number of hydrogen-bond acceptors (Lipinski definition) is 10. The van der Waals surface area contributed by atoms with Gasteiger partial charge in [-0.05, 0) is 29.8 Å². The van der Waals surface area contributed by atoms with E-state index >= 15 is 0 Å². The van der Waals surface area contributed by atoms with Crippen LogP contribution in [0, 0.1) is 0 Å². The van der Waals surface area contributed by atoms with Crippen molar-refractivity contribution in [1.29, 1.82) is 0 Å². The number of hydrogen-bond donors (Lipinski definition) is 1. The standard InChI is InChI=1S/C29H31O10P/c1-35-40(34,36-2)20-25(31)27(39-29(33)23-16-10-5-11-17-23)26(38-28(32)22-14-8-4-9-15-22)24(30)19-37-18-21-12-6-3-7-13-21/h3-17,25-27,31H,18-20H2,1-2H3/t25-,26?,27-/m1/s1. The van der Waals surface area contributed by atoms with Gasteiger partial charge >= 0.3 is 19.5 Å². The predicted molar refractivity (Wildman–Crippen MR) is 145 cm³/mol. The maximum absolute atomic E-state index is 13.4. The molecule has 0 aliphatic carbocycles. The van der Waals surface area contributed by atoms with Crippen molar-refractivity contribution in [1.82, 2.24) is 0 Å². The lowest BCUT2D eigenvalue weighted by atomic mass is 10.0. The largest absolute Gasteiger partial charge is 0.451 e. The number of rotatable bonds is 15. The summed E-state index contributed by atoms with van der Waals surface area (Å²) in [5.74, 6) is -2.61. The van der Waals surface area contributed by atoms with Gasteiger partial charge < -0.3 is 28.4 Å². The van der Waals surface area contributed by atoms with Gasteiger partial charge in [-0.3, -0.25) is 9.36 Å². The summed E-state index contributed by atoms with van der Waals surface area (Å²) in [6.45, 7) is -0.467. The topological polar surface area (TPSA) is 135 Å². The van der Waals surface area contributed by atoms with E-state index in [0.717, 1.165) is 19.8 Å². The molecule has 212 valence electrons. The average Bonchev–Trinajstić information content (AvgIpc) is 2.99. The van der Waals surface area contributed by atoms with Crippen LogP contribution in [-0.4, -0.2) is 68.1 Å². The highest BCUT2D eigenvalue weighted by atomic mass is 31.2. The summed E-state index contributed by atoms with van der Waals surface area (Å²) in [6.07, 6.45) is -6.07. The van der Waals surface area contributed by atoms with E-state index < -0.39 is 56.4 Å². The molecule has 3 atom stereocenters. The molecule has 11 heteroatoms. The Kier molecular flexibility index (Phi) is 11.7. The summed E-state index contributed by atoms with van der Waals surface area (Å²) < 4.78 is 39.3. The Bertz CT molecular complexity index is 1280. The Morgan fingerprint density at radius 1 is 0.750 bits per heavy atom. The smallest absolute Gasteiger partial charge is 0.338 e. The number of carbonyl (C=O) groups is 3. The van der Waals surface area contributed by atoms with Crippen molar-refractivity contribution in [2.24, 2.45) is 0 Å². The van der Waals surface area contributed by atoms with E-state index in [1.54, 1.807) is 48.5 Å². The fourth-order valence-electron chi connectivity index (χ4n) is 3.66. The van der Waals surface area contributed by atoms with E-state index in [0.29, 0.717) is 0 Å². The third kappa shape index (κ3) is 8.94. The molecule has 40 heavy (non-hydrogen) atoms. The number of esters is 2. The van der Waals surface area contributed by atoms with E-state index in [-0.39, 0.29) is 17.7 Å². The SMILES string of the molecule is COP(=O)(C[C@@H](O)[C@@H](OC(=O)c1ccccc1)C(OC(=O)c1ccccc1)C(=O)COCc1ccccc1)OC. The van der Waals surface area contributed by atoms with Crippen LogP contribution in [-0.2, 0) is 39.2 Å². The minimum atomic E-state index is -3.85. The second-order valence-electron chi connectivity index (χ2n) is 8.60. The molecule has 0 bridgehead atoms. The maximum Gasteiger partial charge on any atom is 0.338 e. The Balaban J connectivity index is 1.92. The Morgan fingerprint density at radius 2 is 1.23 bits per heavy atom. The van der Waals surface area contributed by atoms with Crippen molar-refractivity contribution in [3.63, 3.8) is 0 Å². The number of Topliss-reactive ketones (excluding diaryl/α,β-unsaturated/α-hetero) is 1. The number of aliphatic hydroxyl groups excluding tert-OH is 1. The van der Waals surface area contributed by atoms with E-state index in [9.17, 15) is 24.1 Å². The molecule has 0 radical (unpaired) electrons. The Labute approximate surface area is 232 Å². The second kappa shape index (κ2) is 15.2. The molecule has 3 aromatic carbocycles. The summed E-state index contributed by atoms with van der Waals surface area (Å²) in [5, 5.41) is 11.1. The molecule has 0 fully saturated rings. The van der Waals surface area contributed by atoms with Gasteiger partial charge in [0.2, 0.25) is 11.9 Å². The lowest BCUT2D eigenvalue weighted by molar-refractivity contribution is -0.144. The highest BCUT2D eigenvalue weighted by Gasteiger charge is 2.43. The van der Waals surface area contributed by atoms with Crippen LogP contribution in [0.1, 0.15) is 26.3 Å². The molecule has 1 N–H and O–H groups in total. The highest BCUT2D eigenvalue weighted by Crippen LogP contribution is 2.47. The van der Waals surface area contributed by atoms with Gasteiger partial charge in [-0.15, -0.1) is 0 Å². The molecule has 10 nitrogen and oxygen atoms in total. The van der Waals surface area contributed by atoms with Crippen LogP contribution in [0.15, 0.2) is 91.0 Å². The molecule has 0 heterocycles. The number of benzene rings is 3. The third-order valence-corrected chi connectivity index (χ3v) is 7.75. The lowest BCUT2D eigenvalue weighted by Crippen LogP contribution is -2.50. The van der Waals surface area contributed by atoms with Crippen LogP contribution in [0.4, 0.5) is 0 Å². The maximum atomic E-state index is 13.4. The average molecular weight is 571 g/mol. The molecule has 0 saturated carbocycles. The number of ether oxygens (including phenoxy) is 3. The zero-order chi connectivity index (χ0) is 29.0. The fraction of sp³-hybridized carbons (Fsp3) is 0.276. The van der Waals surface area contributed by atoms with Crippen molar-refractivity contribution >= 4 is 25.3 Å². The van der Waals surface area contributed by atoms with Crippen molar-refractivity contribution in [3.8, 4) is 0 Å². The van der Waals surface area contributed by atoms with Gasteiger partial charge in [0.25, 0.3) is 0 Å². The van der Waals surface area contributed by atoms with Crippen LogP contribution in [0.25, 0.3) is 0 Å². The first-order valence-electron chi connectivity index (χ1n) is 12.3. The normalized spacial score (nSPS) is 13.6. The molecule has 1 unspecified atom stereocenters. The van der Waals surface area contributed by atoms with Gasteiger partial charge in [-0.2, -0.15) is 0 Å². The van der Waals surface area contributed by atoms with Gasteiger partial charge in [0.1, 0.15) is 12.7 Å². The quantitative estimate of drug-likeness (QED) is 0.210. The predicted octanol–water partition coefficient (Wildman–Crippen LogP) is 4.07. The molecule has 0 aliphatic rings. The molecular weight excluding hydrogens is 539 g/mol. The lowest BCUT2D eigenvalue weighted by Gasteiger charge is -2.30. The highest BCUT2D eigenvalue weighted by molar-refractivity contribution is 7.53. The fourth-order valence-corrected chi connectivity index (χ4v) is 4.78. The molecule has 0 spiro atoms. The summed E-state index contributed by atoms with van der Waals surface area (Å²) in [7, 11) is -1.61. The van der Waals surface area contributed by atoms with Gasteiger partial charge in [0, 0.05) is 14.2 Å². The van der Waals surface area contributed by atoms with E-state index in [1.807, 2.05) is 18.2 Å². The zero-order valence-corrected chi connectivity index (χ0v) is 23.0. The van der Waals surface area contributed by atoms with Crippen molar-refractivity contribution < 1.29 is 47.3 Å². The minimum Gasteiger partial charge on any atom is -0.451 e. The second-order valence-corrected chi connectivity index (χ2v) is 10.9. The molecule has 3 rings (SSSR count). The molecule has 0 aliphatic heterocycles. The summed E-state index contributed by atoms with van der Waals surface area (Å²) in [6, 6.07) is 24.7. The molecule has 3 aromatic rings. The number of aliphatic hydroxyl groups is 1. The van der Waals surface area contributed by atoms with Crippen molar-refractivity contribution in [2.75, 3.05) is 27.0 Å². The van der Waals surface area contributed by atoms with E-state index in [4.69, 9.17) is 23.3 Å². The summed E-state index contributed by atoms with van der Waals surface area (Å²) in [4.78, 5) is 39.4. The first-order chi connectivity index (χ1) is 19.3. The van der Waals surface area contributed by atoms with Gasteiger partial charge in [-0.1, -0.05) is 66.7 Å². The van der Waals surface area contributed by atoms with Gasteiger partial charge in [0.15, 0.2) is 6.10 Å². The molecular formula is C29H31O10P. The molecule has 0 saturated heterocycles. The monoisotopic (exact) mass is 570 g/mol. The van der Waals surface area contributed by atoms with Crippen LogP contribution >= 0.6 is 7.60 Å². The Morgan fingerprint density at radius 3 is 1.73 bits per heavy atom. The first-order valence-corrected chi connectivity index (χ1v) is 14.0. The third-order valence-electron chi connectivity index (χ3n) is 5.81. The number of carbonyl (C=O) groups excluding carboxylic acids is 3. The van der Waals surface area contributed by atoms with Gasteiger partial charge in [0.05, 0.1) is 23.9 Å². The van der Waals surface area contributed by atoms with Crippen LogP contribution in [0.2, 0.25) is 0 Å². The Hall–Kier alpha value is -3.66. The van der Waals surface area contributed by atoms with Crippen LogP contribution in [0.3, 0.4) is 0 Å². The van der Waals surface area contributed by atoms with Crippen LogP contribution in [0.5, 0.6) is 0 Å². The minimum absolute atomic E-state index is 0.0749. The van der Waals surface area contributed by atoms with E-state index in [1.165, 1.54) is 24.3 Å². The first kappa shape index (κ1) is 30.9. The van der Waals surface area contributed by atoms with Crippen molar-refractivity contribution in [2.45, 2.75) is 24.9 Å². The van der Waals surface area contributed by atoms with Crippen molar-refractivity contribution in [3.05, 3.63) is 108 Å². The van der Waals surface area contributed by atoms with Gasteiger partial charge in [-0.25, -0.2) is 9.59 Å². The van der Waals surface area contributed by atoms with E-state index in [2.05, 4.69) is 0 Å². The van der Waals surface area contributed by atoms with Crippen LogP contribution < -0.4 is 0 Å².